The Labute approximate surface area is 223 Å². The number of aromatic nitrogens is 1. The Morgan fingerprint density at radius 3 is 2.30 bits per heavy atom. The number of nitrogen functional groups attached to an aromatic ring is 1. The van der Waals surface area contributed by atoms with Gasteiger partial charge in [0.05, 0.1) is 16.3 Å². The lowest BCUT2D eigenvalue weighted by atomic mass is 10.1. The van der Waals surface area contributed by atoms with Gasteiger partial charge in [0, 0.05) is 22.4 Å². The Balaban J connectivity index is 1.33. The standard InChI is InChI=1S/C28H21ClN2O4S2/c1-17-2-10-21(11-3-17)35-37(33,34)22-12-4-18(5-13-22)16-25(32)27-26(30)23-14-15-24(31-28(23)36-27)19-6-8-20(29)9-7-19/h2-15H,16,30H2,1H3. The van der Waals surface area contributed by atoms with E-state index >= 15 is 0 Å². The van der Waals surface area contributed by atoms with Crippen molar-refractivity contribution in [3.8, 4) is 17.0 Å². The quantitative estimate of drug-likeness (QED) is 0.179. The van der Waals surface area contributed by atoms with Gasteiger partial charge in [-0.25, -0.2) is 4.98 Å². The van der Waals surface area contributed by atoms with E-state index in [1.165, 1.54) is 23.5 Å². The monoisotopic (exact) mass is 548 g/mol. The van der Waals surface area contributed by atoms with Crippen LogP contribution in [0.3, 0.4) is 0 Å². The number of aryl methyl sites for hydroxylation is 1. The molecule has 9 heteroatoms. The van der Waals surface area contributed by atoms with Crippen LogP contribution in [0.4, 0.5) is 5.69 Å². The number of nitrogens with zero attached hydrogens (tertiary/aromatic N) is 1. The average molecular weight is 549 g/mol. The predicted molar refractivity (Wildman–Crippen MR) is 148 cm³/mol. The van der Waals surface area contributed by atoms with E-state index in [9.17, 15) is 13.2 Å². The molecule has 3 aromatic carbocycles. The number of Topliss-reactive ketones (excluding diaryl/α,β-unsaturated/α-hetero) is 1. The number of fused-ring (bicyclic) bond motifs is 1. The molecule has 5 aromatic rings. The maximum absolute atomic E-state index is 13.1. The highest BCUT2D eigenvalue weighted by Gasteiger charge is 2.20. The van der Waals surface area contributed by atoms with Gasteiger partial charge in [-0.15, -0.1) is 11.3 Å². The van der Waals surface area contributed by atoms with E-state index in [4.69, 9.17) is 21.5 Å². The molecule has 5 rings (SSSR count). The number of halogens is 1. The molecule has 2 heterocycles. The zero-order chi connectivity index (χ0) is 26.2. The van der Waals surface area contributed by atoms with Crippen LogP contribution in [-0.2, 0) is 16.5 Å². The van der Waals surface area contributed by atoms with Crippen LogP contribution in [0.1, 0.15) is 20.8 Å². The molecule has 0 saturated heterocycles. The van der Waals surface area contributed by atoms with Crippen LogP contribution >= 0.6 is 22.9 Å². The Hall–Kier alpha value is -3.72. The molecule has 0 spiro atoms. The number of anilines is 1. The first kappa shape index (κ1) is 25.0. The van der Waals surface area contributed by atoms with Crippen molar-refractivity contribution >= 4 is 54.7 Å². The SMILES string of the molecule is Cc1ccc(OS(=O)(=O)c2ccc(CC(=O)c3sc4nc(-c5ccc(Cl)cc5)ccc4c3N)cc2)cc1. The summed E-state index contributed by atoms with van der Waals surface area (Å²) in [7, 11) is -4.00. The Kier molecular flexibility index (Phi) is 6.72. The summed E-state index contributed by atoms with van der Waals surface area (Å²) in [4.78, 5) is 18.9. The van der Waals surface area contributed by atoms with E-state index in [1.807, 2.05) is 31.2 Å². The van der Waals surface area contributed by atoms with Crippen molar-refractivity contribution < 1.29 is 17.4 Å². The minimum Gasteiger partial charge on any atom is -0.397 e. The highest BCUT2D eigenvalue weighted by molar-refractivity contribution is 7.87. The normalized spacial score (nSPS) is 11.5. The third-order valence-electron chi connectivity index (χ3n) is 5.79. The molecule has 0 unspecified atom stereocenters. The number of hydrogen-bond acceptors (Lipinski definition) is 7. The van der Waals surface area contributed by atoms with Gasteiger partial charge < -0.3 is 9.92 Å². The van der Waals surface area contributed by atoms with Crippen LogP contribution in [0.15, 0.2) is 89.8 Å². The molecule has 6 nitrogen and oxygen atoms in total. The van der Waals surface area contributed by atoms with Crippen LogP contribution in [-0.4, -0.2) is 19.2 Å². The zero-order valence-electron chi connectivity index (χ0n) is 19.6. The van der Waals surface area contributed by atoms with Crippen molar-refractivity contribution in [2.45, 2.75) is 18.2 Å². The molecule has 2 N–H and O–H groups in total. The molecule has 0 aliphatic carbocycles. The summed E-state index contributed by atoms with van der Waals surface area (Å²) in [6.07, 6.45) is 0.0697. The van der Waals surface area contributed by atoms with E-state index < -0.39 is 10.1 Å². The fourth-order valence-corrected chi connectivity index (χ4v) is 5.88. The maximum Gasteiger partial charge on any atom is 0.339 e. The van der Waals surface area contributed by atoms with Gasteiger partial charge in [-0.2, -0.15) is 8.42 Å². The van der Waals surface area contributed by atoms with Crippen molar-refractivity contribution in [1.29, 1.82) is 0 Å². The topological polar surface area (TPSA) is 99.4 Å². The largest absolute Gasteiger partial charge is 0.397 e. The van der Waals surface area contributed by atoms with Gasteiger partial charge in [-0.1, -0.05) is 53.6 Å². The van der Waals surface area contributed by atoms with Crippen LogP contribution < -0.4 is 9.92 Å². The van der Waals surface area contributed by atoms with E-state index in [2.05, 4.69) is 4.98 Å². The number of carbonyl (C=O) groups is 1. The third-order valence-corrected chi connectivity index (χ3v) is 8.46. The lowest BCUT2D eigenvalue weighted by Crippen LogP contribution is -2.10. The smallest absolute Gasteiger partial charge is 0.339 e. The number of thiophene rings is 1. The first-order valence-electron chi connectivity index (χ1n) is 11.3. The lowest BCUT2D eigenvalue weighted by molar-refractivity contribution is 0.0997. The van der Waals surface area contributed by atoms with Crippen molar-refractivity contribution in [3.05, 3.63) is 106 Å². The molecular formula is C28H21ClN2O4S2. The average Bonchev–Trinajstić information content (AvgIpc) is 3.22. The van der Waals surface area contributed by atoms with Crippen molar-refractivity contribution in [2.75, 3.05) is 5.73 Å². The third kappa shape index (κ3) is 5.36. The molecule has 0 fully saturated rings. The van der Waals surface area contributed by atoms with E-state index in [-0.39, 0.29) is 22.8 Å². The van der Waals surface area contributed by atoms with Crippen LogP contribution in [0, 0.1) is 6.92 Å². The molecule has 186 valence electrons. The minimum atomic E-state index is -4.00. The molecule has 0 atom stereocenters. The van der Waals surface area contributed by atoms with Gasteiger partial charge in [-0.3, -0.25) is 4.79 Å². The van der Waals surface area contributed by atoms with Crippen LogP contribution in [0.2, 0.25) is 5.02 Å². The van der Waals surface area contributed by atoms with Crippen molar-refractivity contribution in [3.63, 3.8) is 0 Å². The first-order valence-corrected chi connectivity index (χ1v) is 13.9. The number of benzene rings is 3. The predicted octanol–water partition coefficient (Wildman–Crippen LogP) is 6.70. The fourth-order valence-electron chi connectivity index (χ4n) is 3.79. The molecule has 0 radical (unpaired) electrons. The summed E-state index contributed by atoms with van der Waals surface area (Å²) >= 11 is 7.22. The molecular weight excluding hydrogens is 528 g/mol. The number of pyridine rings is 1. The lowest BCUT2D eigenvalue weighted by Gasteiger charge is -2.08. The second kappa shape index (κ2) is 9.97. The van der Waals surface area contributed by atoms with Crippen LogP contribution in [0.25, 0.3) is 21.5 Å². The molecule has 2 aromatic heterocycles. The highest BCUT2D eigenvalue weighted by Crippen LogP contribution is 2.35. The van der Waals surface area contributed by atoms with Crippen molar-refractivity contribution in [1.82, 2.24) is 4.98 Å². The van der Waals surface area contributed by atoms with E-state index in [0.29, 0.717) is 26.0 Å². The van der Waals surface area contributed by atoms with Gasteiger partial charge in [0.1, 0.15) is 15.5 Å². The molecule has 37 heavy (non-hydrogen) atoms. The molecule has 0 amide bonds. The van der Waals surface area contributed by atoms with Crippen LogP contribution in [0.5, 0.6) is 5.75 Å². The van der Waals surface area contributed by atoms with E-state index in [1.54, 1.807) is 48.5 Å². The second-order valence-corrected chi connectivity index (χ2v) is 11.5. The van der Waals surface area contributed by atoms with Crippen molar-refractivity contribution in [2.24, 2.45) is 0 Å². The Morgan fingerprint density at radius 2 is 1.62 bits per heavy atom. The molecule has 0 bridgehead atoms. The van der Waals surface area contributed by atoms with Gasteiger partial charge in [0.15, 0.2) is 5.78 Å². The summed E-state index contributed by atoms with van der Waals surface area (Å²) < 4.78 is 30.4. The minimum absolute atomic E-state index is 0.00424. The zero-order valence-corrected chi connectivity index (χ0v) is 22.0. The summed E-state index contributed by atoms with van der Waals surface area (Å²) in [6.45, 7) is 1.90. The summed E-state index contributed by atoms with van der Waals surface area (Å²) in [5, 5.41) is 1.36. The Bertz CT molecular complexity index is 1710. The maximum atomic E-state index is 13.1. The molecule has 0 aliphatic heterocycles. The fraction of sp³-hybridized carbons (Fsp3) is 0.0714. The number of ketones is 1. The van der Waals surface area contributed by atoms with Gasteiger partial charge in [0.25, 0.3) is 0 Å². The number of carbonyl (C=O) groups excluding carboxylic acids is 1. The highest BCUT2D eigenvalue weighted by atomic mass is 35.5. The van der Waals surface area contributed by atoms with E-state index in [0.717, 1.165) is 22.2 Å². The number of nitrogens with two attached hydrogens (primary N) is 1. The molecule has 0 aliphatic rings. The summed E-state index contributed by atoms with van der Waals surface area (Å²) in [5.41, 5.74) is 10.0. The molecule has 0 saturated carbocycles. The summed E-state index contributed by atoms with van der Waals surface area (Å²) in [5.74, 6) is 0.0676. The van der Waals surface area contributed by atoms with Gasteiger partial charge in [-0.05, 0) is 61.0 Å². The number of rotatable bonds is 7. The summed E-state index contributed by atoms with van der Waals surface area (Å²) in [6, 6.07) is 23.9. The first-order chi connectivity index (χ1) is 17.7. The number of hydrogen-bond donors (Lipinski definition) is 1. The van der Waals surface area contributed by atoms with Gasteiger partial charge in [0.2, 0.25) is 0 Å². The Morgan fingerprint density at radius 1 is 0.946 bits per heavy atom. The second-order valence-electron chi connectivity index (χ2n) is 8.50. The van der Waals surface area contributed by atoms with Gasteiger partial charge >= 0.3 is 10.1 Å².